The highest BCUT2D eigenvalue weighted by Crippen LogP contribution is 2.21. The van der Waals surface area contributed by atoms with Gasteiger partial charge < -0.3 is 25.3 Å². The van der Waals surface area contributed by atoms with Gasteiger partial charge in [0.25, 0.3) is 0 Å². The second kappa shape index (κ2) is 7.13. The van der Waals surface area contributed by atoms with Crippen LogP contribution in [0.2, 0.25) is 0 Å². The molecule has 1 aliphatic rings. The quantitative estimate of drug-likeness (QED) is 0.773. The number of carbonyl (C=O) groups excluding carboxylic acids is 2. The lowest BCUT2D eigenvalue weighted by molar-refractivity contribution is -0.149. The molecule has 3 atom stereocenters. The zero-order valence-electron chi connectivity index (χ0n) is 12.6. The second-order valence-electron chi connectivity index (χ2n) is 5.12. The number of methoxy groups -OCH3 is 1. The normalized spacial score (nSPS) is 23.8. The van der Waals surface area contributed by atoms with Gasteiger partial charge in [-0.1, -0.05) is 12.1 Å². The van der Waals surface area contributed by atoms with Gasteiger partial charge in [0.05, 0.1) is 13.2 Å². The van der Waals surface area contributed by atoms with Crippen LogP contribution in [0, 0.1) is 0 Å². The maximum atomic E-state index is 11.1. The molecular weight excluding hydrogens is 288 g/mol. The summed E-state index contributed by atoms with van der Waals surface area (Å²) < 4.78 is 15.4. The number of esters is 1. The zero-order chi connectivity index (χ0) is 16.1. The molecule has 1 aromatic carbocycles. The number of rotatable bonds is 5. The molecule has 1 aromatic rings. The fourth-order valence-electron chi connectivity index (χ4n) is 2.58. The van der Waals surface area contributed by atoms with Gasteiger partial charge in [-0.3, -0.25) is 4.79 Å². The number of nitrogens with one attached hydrogen (secondary N) is 1. The number of nitrogens with two attached hydrogens (primary N) is 1. The van der Waals surface area contributed by atoms with E-state index in [2.05, 4.69) is 5.32 Å². The van der Waals surface area contributed by atoms with Crippen molar-refractivity contribution in [2.24, 2.45) is 5.73 Å². The van der Waals surface area contributed by atoms with Crippen LogP contribution in [0.3, 0.4) is 0 Å². The van der Waals surface area contributed by atoms with Gasteiger partial charge in [-0.2, -0.15) is 0 Å². The van der Waals surface area contributed by atoms with Crippen LogP contribution in [0.25, 0.3) is 0 Å². The third-order valence-electron chi connectivity index (χ3n) is 3.53. The van der Waals surface area contributed by atoms with Crippen molar-refractivity contribution in [3.63, 3.8) is 0 Å². The minimum Gasteiger partial charge on any atom is -0.497 e. The number of carbonyl (C=O) groups is 2. The van der Waals surface area contributed by atoms with Crippen LogP contribution < -0.4 is 15.8 Å². The van der Waals surface area contributed by atoms with Gasteiger partial charge in [0.15, 0.2) is 12.2 Å². The first-order valence-corrected chi connectivity index (χ1v) is 6.99. The van der Waals surface area contributed by atoms with Crippen molar-refractivity contribution in [1.29, 1.82) is 0 Å². The number of hydrogen-bond donors (Lipinski definition) is 2. The van der Waals surface area contributed by atoms with Crippen LogP contribution >= 0.6 is 0 Å². The van der Waals surface area contributed by atoms with Crippen LogP contribution in [-0.2, 0) is 20.7 Å². The molecule has 0 aromatic heterocycles. The first-order valence-electron chi connectivity index (χ1n) is 6.99. The molecule has 0 radical (unpaired) electrons. The molecule has 1 heterocycles. The molecule has 1 saturated heterocycles. The lowest BCUT2D eigenvalue weighted by atomic mass is 10.0. The summed E-state index contributed by atoms with van der Waals surface area (Å²) in [6, 6.07) is 7.41. The topological polar surface area (TPSA) is 99.9 Å². The summed E-state index contributed by atoms with van der Waals surface area (Å²) >= 11 is 0. The van der Waals surface area contributed by atoms with E-state index in [-0.39, 0.29) is 6.04 Å². The third kappa shape index (κ3) is 4.11. The summed E-state index contributed by atoms with van der Waals surface area (Å²) in [5.74, 6) is 0.348. The van der Waals surface area contributed by atoms with Crippen LogP contribution in [0.4, 0.5) is 4.79 Å². The first kappa shape index (κ1) is 16.1. The van der Waals surface area contributed by atoms with Gasteiger partial charge in [0.2, 0.25) is 0 Å². The summed E-state index contributed by atoms with van der Waals surface area (Å²) in [5.41, 5.74) is 6.15. The molecule has 0 saturated carbocycles. The maximum Gasteiger partial charge on any atom is 0.404 e. The summed E-state index contributed by atoms with van der Waals surface area (Å²) in [4.78, 5) is 22.2. The van der Waals surface area contributed by atoms with E-state index in [4.69, 9.17) is 19.9 Å². The fraction of sp³-hybridized carbons (Fsp3) is 0.467. The van der Waals surface area contributed by atoms with E-state index in [1.807, 2.05) is 24.3 Å². The van der Waals surface area contributed by atoms with Gasteiger partial charge in [0.1, 0.15) is 5.75 Å². The average Bonchev–Trinajstić information content (AvgIpc) is 2.81. The zero-order valence-corrected chi connectivity index (χ0v) is 12.6. The van der Waals surface area contributed by atoms with Gasteiger partial charge in [-0.05, 0) is 24.1 Å². The Morgan fingerprint density at radius 3 is 2.50 bits per heavy atom. The Balaban J connectivity index is 2.06. The predicted molar refractivity (Wildman–Crippen MR) is 78.5 cm³/mol. The Labute approximate surface area is 128 Å². The first-order chi connectivity index (χ1) is 10.5. The van der Waals surface area contributed by atoms with E-state index in [1.54, 1.807) is 7.11 Å². The molecule has 0 spiro atoms. The van der Waals surface area contributed by atoms with Crippen LogP contribution in [0.5, 0.6) is 5.75 Å². The highest BCUT2D eigenvalue weighted by Gasteiger charge is 2.40. The number of primary amides is 1. The molecule has 2 rings (SSSR count). The highest BCUT2D eigenvalue weighted by atomic mass is 16.6. The van der Waals surface area contributed by atoms with E-state index in [0.29, 0.717) is 13.0 Å². The smallest absolute Gasteiger partial charge is 0.404 e. The molecule has 7 nitrogen and oxygen atoms in total. The van der Waals surface area contributed by atoms with Crippen LogP contribution in [0.15, 0.2) is 24.3 Å². The molecule has 3 N–H and O–H groups in total. The van der Waals surface area contributed by atoms with E-state index >= 15 is 0 Å². The maximum absolute atomic E-state index is 11.1. The molecule has 0 bridgehead atoms. The van der Waals surface area contributed by atoms with Crippen LogP contribution in [0.1, 0.15) is 12.5 Å². The van der Waals surface area contributed by atoms with Gasteiger partial charge >= 0.3 is 12.1 Å². The lowest BCUT2D eigenvalue weighted by Gasteiger charge is -2.23. The summed E-state index contributed by atoms with van der Waals surface area (Å²) in [6.07, 6.45) is -1.41. The van der Waals surface area contributed by atoms with Crippen molar-refractivity contribution >= 4 is 12.1 Å². The molecule has 120 valence electrons. The predicted octanol–water partition coefficient (Wildman–Crippen LogP) is 0.605. The Kier molecular flexibility index (Phi) is 5.21. The van der Waals surface area contributed by atoms with E-state index in [1.165, 1.54) is 6.92 Å². The molecule has 0 aliphatic carbocycles. The number of ether oxygens (including phenoxy) is 3. The third-order valence-corrected chi connectivity index (χ3v) is 3.53. The molecule has 7 heteroatoms. The van der Waals surface area contributed by atoms with Gasteiger partial charge in [-0.25, -0.2) is 4.79 Å². The van der Waals surface area contributed by atoms with Gasteiger partial charge in [0, 0.05) is 13.5 Å². The molecule has 22 heavy (non-hydrogen) atoms. The molecule has 0 unspecified atom stereocenters. The summed E-state index contributed by atoms with van der Waals surface area (Å²) in [7, 11) is 1.61. The van der Waals surface area contributed by atoms with Crippen molar-refractivity contribution in [2.75, 3.05) is 13.7 Å². The fourth-order valence-corrected chi connectivity index (χ4v) is 2.58. The summed E-state index contributed by atoms with van der Waals surface area (Å²) in [6.45, 7) is 1.73. The minimum absolute atomic E-state index is 0.176. The molecule has 1 aliphatic heterocycles. The van der Waals surface area contributed by atoms with E-state index in [9.17, 15) is 9.59 Å². The van der Waals surface area contributed by atoms with Crippen molar-refractivity contribution in [3.05, 3.63) is 29.8 Å². The Bertz CT molecular complexity index is 531. The van der Waals surface area contributed by atoms with E-state index in [0.717, 1.165) is 11.3 Å². The number of amides is 1. The van der Waals surface area contributed by atoms with Crippen molar-refractivity contribution in [1.82, 2.24) is 5.32 Å². The Hall–Kier alpha value is -2.28. The second-order valence-corrected chi connectivity index (χ2v) is 5.12. The number of hydrogen-bond acceptors (Lipinski definition) is 6. The largest absolute Gasteiger partial charge is 0.497 e. The Morgan fingerprint density at radius 1 is 1.27 bits per heavy atom. The van der Waals surface area contributed by atoms with E-state index < -0.39 is 24.3 Å². The minimum atomic E-state index is -0.884. The average molecular weight is 308 g/mol. The molecule has 1 fully saturated rings. The highest BCUT2D eigenvalue weighted by molar-refractivity contribution is 5.67. The summed E-state index contributed by atoms with van der Waals surface area (Å²) in [5, 5.41) is 3.20. The van der Waals surface area contributed by atoms with Crippen molar-refractivity contribution < 1.29 is 23.8 Å². The molecular formula is C15H20N2O5. The monoisotopic (exact) mass is 308 g/mol. The SMILES string of the molecule is COc1ccc(C[C@@H]2NC[C@@H](OC(C)=O)[C@@H]2OC(N)=O)cc1. The standard InChI is InChI=1S/C15H20N2O5/c1-9(18)21-13-8-17-12(14(13)22-15(16)19)7-10-3-5-11(20-2)6-4-10/h3-6,12-14,17H,7-8H2,1-2H3,(H2,16,19)/t12-,13+,14+/m0/s1. The number of benzene rings is 1. The van der Waals surface area contributed by atoms with Crippen molar-refractivity contribution in [3.8, 4) is 5.75 Å². The van der Waals surface area contributed by atoms with Crippen LogP contribution in [-0.4, -0.2) is 44.0 Å². The lowest BCUT2D eigenvalue weighted by Crippen LogP contribution is -2.41. The Morgan fingerprint density at radius 2 is 1.95 bits per heavy atom. The van der Waals surface area contributed by atoms with Crippen molar-refractivity contribution in [2.45, 2.75) is 31.6 Å². The van der Waals surface area contributed by atoms with Gasteiger partial charge in [-0.15, -0.1) is 0 Å². The molecule has 1 amide bonds.